The SMILES string of the molecule is CCN(c1ncc(Br)cc1CCl)C(C)C. The van der Waals surface area contributed by atoms with E-state index in [4.69, 9.17) is 11.6 Å². The second-order valence-corrected chi connectivity index (χ2v) is 4.83. The zero-order chi connectivity index (χ0) is 11.4. The molecule has 1 aromatic rings. The first kappa shape index (κ1) is 12.8. The third-order valence-electron chi connectivity index (χ3n) is 2.29. The van der Waals surface area contributed by atoms with Crippen molar-refractivity contribution in [2.45, 2.75) is 32.7 Å². The number of hydrogen-bond donors (Lipinski definition) is 0. The lowest BCUT2D eigenvalue weighted by Gasteiger charge is -2.28. The number of halogens is 2. The van der Waals surface area contributed by atoms with Crippen LogP contribution in [0.15, 0.2) is 16.7 Å². The molecule has 4 heteroatoms. The van der Waals surface area contributed by atoms with Gasteiger partial charge >= 0.3 is 0 Å². The van der Waals surface area contributed by atoms with E-state index in [1.165, 1.54) is 0 Å². The molecule has 2 nitrogen and oxygen atoms in total. The van der Waals surface area contributed by atoms with Crippen LogP contribution in [0.1, 0.15) is 26.3 Å². The number of alkyl halides is 1. The Morgan fingerprint density at radius 3 is 2.67 bits per heavy atom. The first-order valence-corrected chi connectivity index (χ1v) is 6.39. The van der Waals surface area contributed by atoms with Crippen molar-refractivity contribution in [3.05, 3.63) is 22.3 Å². The third-order valence-corrected chi connectivity index (χ3v) is 3.01. The lowest BCUT2D eigenvalue weighted by molar-refractivity contribution is 0.690. The molecule has 1 aromatic heterocycles. The van der Waals surface area contributed by atoms with Crippen LogP contribution in [0.25, 0.3) is 0 Å². The minimum atomic E-state index is 0.436. The van der Waals surface area contributed by atoms with E-state index < -0.39 is 0 Å². The van der Waals surface area contributed by atoms with Crippen molar-refractivity contribution in [3.8, 4) is 0 Å². The molecule has 0 spiro atoms. The summed E-state index contributed by atoms with van der Waals surface area (Å²) in [7, 11) is 0. The van der Waals surface area contributed by atoms with E-state index in [1.54, 1.807) is 0 Å². The molecule has 0 aliphatic heterocycles. The minimum absolute atomic E-state index is 0.436. The van der Waals surface area contributed by atoms with Gasteiger partial charge in [-0.25, -0.2) is 4.98 Å². The van der Waals surface area contributed by atoms with Crippen molar-refractivity contribution in [1.29, 1.82) is 0 Å². The van der Waals surface area contributed by atoms with Crippen LogP contribution in [0.3, 0.4) is 0 Å². The van der Waals surface area contributed by atoms with E-state index >= 15 is 0 Å². The fraction of sp³-hybridized carbons (Fsp3) is 0.545. The van der Waals surface area contributed by atoms with Crippen LogP contribution in [-0.4, -0.2) is 17.6 Å². The van der Waals surface area contributed by atoms with Gasteiger partial charge in [0.25, 0.3) is 0 Å². The van der Waals surface area contributed by atoms with Crippen LogP contribution in [0.4, 0.5) is 5.82 Å². The highest BCUT2D eigenvalue weighted by molar-refractivity contribution is 9.10. The predicted octanol–water partition coefficient (Wildman–Crippen LogP) is 3.82. The fourth-order valence-corrected chi connectivity index (χ4v) is 2.17. The molecule has 0 unspecified atom stereocenters. The van der Waals surface area contributed by atoms with Gasteiger partial charge in [0.05, 0.1) is 5.88 Å². The molecule has 0 atom stereocenters. The number of aromatic nitrogens is 1. The molecule has 0 amide bonds. The topological polar surface area (TPSA) is 16.1 Å². The van der Waals surface area contributed by atoms with Crippen molar-refractivity contribution < 1.29 is 0 Å². The first-order valence-electron chi connectivity index (χ1n) is 5.07. The molecule has 0 radical (unpaired) electrons. The van der Waals surface area contributed by atoms with Crippen LogP contribution in [-0.2, 0) is 5.88 Å². The number of anilines is 1. The van der Waals surface area contributed by atoms with E-state index in [2.05, 4.69) is 46.6 Å². The Bertz CT molecular complexity index is 328. The van der Waals surface area contributed by atoms with Crippen molar-refractivity contribution in [2.75, 3.05) is 11.4 Å². The largest absolute Gasteiger partial charge is 0.354 e. The molecule has 0 aliphatic carbocycles. The quantitative estimate of drug-likeness (QED) is 0.784. The molecule has 0 aliphatic rings. The summed E-state index contributed by atoms with van der Waals surface area (Å²) in [6.45, 7) is 7.38. The normalized spacial score (nSPS) is 10.8. The maximum atomic E-state index is 5.92. The van der Waals surface area contributed by atoms with Crippen LogP contribution >= 0.6 is 27.5 Å². The predicted molar refractivity (Wildman–Crippen MR) is 69.7 cm³/mol. The van der Waals surface area contributed by atoms with Crippen LogP contribution < -0.4 is 4.90 Å². The average molecular weight is 292 g/mol. The van der Waals surface area contributed by atoms with E-state index in [0.29, 0.717) is 11.9 Å². The summed E-state index contributed by atoms with van der Waals surface area (Å²) in [4.78, 5) is 6.68. The number of nitrogens with zero attached hydrogens (tertiary/aromatic N) is 2. The van der Waals surface area contributed by atoms with Gasteiger partial charge in [-0.2, -0.15) is 0 Å². The van der Waals surface area contributed by atoms with Gasteiger partial charge in [0.2, 0.25) is 0 Å². The number of pyridine rings is 1. The maximum Gasteiger partial charge on any atom is 0.133 e. The highest BCUT2D eigenvalue weighted by Crippen LogP contribution is 2.24. The Hall–Kier alpha value is -0.280. The fourth-order valence-electron chi connectivity index (χ4n) is 1.59. The minimum Gasteiger partial charge on any atom is -0.354 e. The molecular weight excluding hydrogens is 275 g/mol. The van der Waals surface area contributed by atoms with Gasteiger partial charge in [0, 0.05) is 28.8 Å². The Labute approximate surface area is 105 Å². The van der Waals surface area contributed by atoms with Gasteiger partial charge in [0.1, 0.15) is 5.82 Å². The molecule has 1 heterocycles. The number of rotatable bonds is 4. The summed E-state index contributed by atoms with van der Waals surface area (Å²) in [6, 6.07) is 2.46. The van der Waals surface area contributed by atoms with Gasteiger partial charge < -0.3 is 4.90 Å². The van der Waals surface area contributed by atoms with E-state index in [-0.39, 0.29) is 0 Å². The van der Waals surface area contributed by atoms with Crippen LogP contribution in [0.2, 0.25) is 0 Å². The Kier molecular flexibility index (Phi) is 4.87. The van der Waals surface area contributed by atoms with Crippen LogP contribution in [0, 0.1) is 0 Å². The summed E-state index contributed by atoms with van der Waals surface area (Å²) < 4.78 is 0.974. The van der Waals surface area contributed by atoms with Crippen molar-refractivity contribution in [1.82, 2.24) is 4.98 Å². The zero-order valence-corrected chi connectivity index (χ0v) is 11.6. The van der Waals surface area contributed by atoms with E-state index in [1.807, 2.05) is 12.3 Å². The monoisotopic (exact) mass is 290 g/mol. The third kappa shape index (κ3) is 3.08. The summed E-state index contributed by atoms with van der Waals surface area (Å²) in [5.74, 6) is 1.48. The summed E-state index contributed by atoms with van der Waals surface area (Å²) >= 11 is 9.33. The molecule has 0 bridgehead atoms. The second kappa shape index (κ2) is 5.71. The van der Waals surface area contributed by atoms with Crippen molar-refractivity contribution >= 4 is 33.3 Å². The standard InChI is InChI=1S/C11H16BrClN2/c1-4-15(8(2)3)11-9(6-13)5-10(12)7-14-11/h5,7-8H,4,6H2,1-3H3. The second-order valence-electron chi connectivity index (χ2n) is 3.65. The molecule has 0 saturated heterocycles. The molecule has 0 aromatic carbocycles. The van der Waals surface area contributed by atoms with Gasteiger partial charge in [0.15, 0.2) is 0 Å². The zero-order valence-electron chi connectivity index (χ0n) is 9.30. The molecule has 0 saturated carbocycles. The van der Waals surface area contributed by atoms with Crippen molar-refractivity contribution in [2.24, 2.45) is 0 Å². The van der Waals surface area contributed by atoms with Crippen LogP contribution in [0.5, 0.6) is 0 Å². The molecule has 0 fully saturated rings. The Balaban J connectivity index is 3.11. The highest BCUT2D eigenvalue weighted by atomic mass is 79.9. The van der Waals surface area contributed by atoms with Gasteiger partial charge in [-0.15, -0.1) is 11.6 Å². The number of hydrogen-bond acceptors (Lipinski definition) is 2. The lowest BCUT2D eigenvalue weighted by Crippen LogP contribution is -2.31. The Morgan fingerprint density at radius 1 is 1.53 bits per heavy atom. The molecule has 84 valence electrons. The van der Waals surface area contributed by atoms with Gasteiger partial charge in [-0.1, -0.05) is 0 Å². The maximum absolute atomic E-state index is 5.92. The summed E-state index contributed by atoms with van der Waals surface area (Å²) in [5.41, 5.74) is 1.07. The van der Waals surface area contributed by atoms with Gasteiger partial charge in [-0.3, -0.25) is 0 Å². The smallest absolute Gasteiger partial charge is 0.133 e. The average Bonchev–Trinajstić information content (AvgIpc) is 2.20. The molecule has 1 rings (SSSR count). The lowest BCUT2D eigenvalue weighted by atomic mass is 10.2. The van der Waals surface area contributed by atoms with Crippen molar-refractivity contribution in [3.63, 3.8) is 0 Å². The molecule has 15 heavy (non-hydrogen) atoms. The summed E-state index contributed by atoms with van der Waals surface area (Å²) in [5, 5.41) is 0. The molecule has 0 N–H and O–H groups in total. The summed E-state index contributed by atoms with van der Waals surface area (Å²) in [6.07, 6.45) is 1.82. The first-order chi connectivity index (χ1) is 7.10. The van der Waals surface area contributed by atoms with E-state index in [9.17, 15) is 0 Å². The van der Waals surface area contributed by atoms with E-state index in [0.717, 1.165) is 22.4 Å². The van der Waals surface area contributed by atoms with Gasteiger partial charge in [-0.05, 0) is 42.8 Å². The Morgan fingerprint density at radius 2 is 2.20 bits per heavy atom. The molecular formula is C11H16BrClN2. The highest BCUT2D eigenvalue weighted by Gasteiger charge is 2.13.